The zero-order chi connectivity index (χ0) is 10.8. The third kappa shape index (κ3) is 64600. The van der Waals surface area contributed by atoms with Crippen molar-refractivity contribution in [1.82, 2.24) is 0 Å². The van der Waals surface area contributed by atoms with Crippen molar-refractivity contribution >= 4 is 50.5 Å². The van der Waals surface area contributed by atoms with Gasteiger partial charge in [-0.2, -0.15) is 0 Å². The minimum atomic E-state index is 0. The summed E-state index contributed by atoms with van der Waals surface area (Å²) in [5.41, 5.74) is 0. The average molecular weight is 350 g/mol. The van der Waals surface area contributed by atoms with Crippen molar-refractivity contribution in [2.75, 3.05) is 0 Å². The molecule has 0 fully saturated rings. The molecule has 0 aliphatic rings. The van der Waals surface area contributed by atoms with Gasteiger partial charge in [-0.25, -0.2) is 21.0 Å². The van der Waals surface area contributed by atoms with Crippen molar-refractivity contribution in [1.29, 1.82) is 21.0 Å². The Morgan fingerprint density at radius 2 is 0.500 bits per heavy atom. The zero-order valence-electron chi connectivity index (χ0n) is 6.09. The molecule has 0 saturated heterocycles. The van der Waals surface area contributed by atoms with E-state index < -0.39 is 0 Å². The third-order valence-corrected chi connectivity index (χ3v) is 0. The van der Waals surface area contributed by atoms with Gasteiger partial charge in [0, 0.05) is 0 Å². The Morgan fingerprint density at radius 3 is 0.500 bits per heavy atom. The number of hydrogen-bond donors (Lipinski definition) is 0. The van der Waals surface area contributed by atoms with Crippen LogP contribution in [0.25, 0.3) is 0 Å². The van der Waals surface area contributed by atoms with E-state index in [1.54, 1.807) is 0 Å². The first kappa shape index (κ1) is 37.1. The number of hydrogen-bond acceptors (Lipinski definition) is 8. The maximum absolute atomic E-state index is 7.13. The molecule has 2 radical (unpaired) electrons. The van der Waals surface area contributed by atoms with Crippen LogP contribution in [0.4, 0.5) is 0 Å². The van der Waals surface area contributed by atoms with Gasteiger partial charge in [0.1, 0.15) is 0 Å². The predicted molar refractivity (Wildman–Crippen MR) is 51.9 cm³/mol. The Hall–Kier alpha value is -0.147. The second-order valence-electron chi connectivity index (χ2n) is 0.365. The van der Waals surface area contributed by atoms with Crippen molar-refractivity contribution in [3.05, 3.63) is 0 Å². The van der Waals surface area contributed by atoms with E-state index in [9.17, 15) is 0 Å². The Bertz CT molecular complexity index is 161. The molecule has 0 aromatic heterocycles. The fourth-order valence-corrected chi connectivity index (χ4v) is 0. The van der Waals surface area contributed by atoms with Crippen LogP contribution in [0, 0.1) is 42.7 Å². The molecular weight excluding hydrogens is 350 g/mol. The zero-order valence-corrected chi connectivity index (χ0v) is 11.4. The summed E-state index contributed by atoms with van der Waals surface area (Å²) in [6.45, 7) is 0. The maximum atomic E-state index is 7.13. The molecule has 10 heteroatoms. The SMILES string of the molecule is N#C[S-].N#C[S-].N#C[S-].N#C[S-].[Co+2].[Co+2]. The van der Waals surface area contributed by atoms with E-state index in [2.05, 4.69) is 50.5 Å². The molecular formula is C4Co2N4S4. The predicted octanol–water partition coefficient (Wildman–Crippen LogP) is 0.0525. The minimum absolute atomic E-state index is 0. The summed E-state index contributed by atoms with van der Waals surface area (Å²) in [5, 5.41) is 33.9. The summed E-state index contributed by atoms with van der Waals surface area (Å²) in [4.78, 5) is 0. The Balaban J connectivity index is -0.0000000145. The molecule has 0 bridgehead atoms. The number of thiocyanates is 4. The minimum Gasteiger partial charge on any atom is -0.696 e. The van der Waals surface area contributed by atoms with Crippen LogP contribution in [0.1, 0.15) is 0 Å². The second kappa shape index (κ2) is 122. The van der Waals surface area contributed by atoms with Gasteiger partial charge in [-0.3, -0.25) is 0 Å². The first-order valence-electron chi connectivity index (χ1n) is 1.71. The molecule has 0 rings (SSSR count). The van der Waals surface area contributed by atoms with Gasteiger partial charge in [0.05, 0.1) is 0 Å². The molecule has 0 aliphatic heterocycles. The fourth-order valence-electron chi connectivity index (χ4n) is 0. The number of rotatable bonds is 0. The average Bonchev–Trinajstić information content (AvgIpc) is 1.92. The van der Waals surface area contributed by atoms with E-state index in [-0.39, 0.29) is 33.6 Å². The molecule has 14 heavy (non-hydrogen) atoms. The van der Waals surface area contributed by atoms with E-state index in [0.717, 1.165) is 0 Å². The molecule has 0 heterocycles. The van der Waals surface area contributed by atoms with Crippen LogP contribution in [0.5, 0.6) is 0 Å². The monoisotopic (exact) mass is 350 g/mol. The van der Waals surface area contributed by atoms with Gasteiger partial charge < -0.3 is 50.5 Å². The van der Waals surface area contributed by atoms with Crippen molar-refractivity contribution in [3.63, 3.8) is 0 Å². The molecule has 0 aromatic carbocycles. The smallest absolute Gasteiger partial charge is 0.696 e. The van der Waals surface area contributed by atoms with E-state index in [1.165, 1.54) is 21.6 Å². The molecule has 0 N–H and O–H groups in total. The maximum Gasteiger partial charge on any atom is 2.00 e. The molecule has 0 atom stereocenters. The van der Waals surface area contributed by atoms with Crippen LogP contribution in [0.3, 0.4) is 0 Å². The van der Waals surface area contributed by atoms with Crippen molar-refractivity contribution in [2.45, 2.75) is 0 Å². The number of nitrogens with zero attached hydrogens (tertiary/aromatic N) is 4. The van der Waals surface area contributed by atoms with Gasteiger partial charge in [-0.1, -0.05) is 21.6 Å². The van der Waals surface area contributed by atoms with Crippen LogP contribution >= 0.6 is 0 Å². The quantitative estimate of drug-likeness (QED) is 0.447. The summed E-state index contributed by atoms with van der Waals surface area (Å²) in [7, 11) is 0. The van der Waals surface area contributed by atoms with Crippen molar-refractivity contribution < 1.29 is 33.6 Å². The van der Waals surface area contributed by atoms with Gasteiger partial charge in [0.2, 0.25) is 0 Å². The molecule has 0 amide bonds. The summed E-state index contributed by atoms with van der Waals surface area (Å²) in [6.07, 6.45) is 0. The molecule has 78 valence electrons. The summed E-state index contributed by atoms with van der Waals surface area (Å²) in [5.74, 6) is 0. The number of nitriles is 4. The van der Waals surface area contributed by atoms with Gasteiger partial charge in [-0.05, 0) is 0 Å². The molecule has 0 spiro atoms. The first-order valence-corrected chi connectivity index (χ1v) is 3.34. The topological polar surface area (TPSA) is 95.2 Å². The van der Waals surface area contributed by atoms with Gasteiger partial charge in [0.15, 0.2) is 0 Å². The molecule has 0 unspecified atom stereocenters. The molecule has 4 nitrogen and oxygen atoms in total. The van der Waals surface area contributed by atoms with E-state index in [1.807, 2.05) is 0 Å². The van der Waals surface area contributed by atoms with Crippen molar-refractivity contribution in [2.24, 2.45) is 0 Å². The molecule has 0 aliphatic carbocycles. The molecule has 0 aromatic rings. The second-order valence-corrected chi connectivity index (χ2v) is 1.10. The first-order chi connectivity index (χ1) is 5.66. The Labute approximate surface area is 126 Å². The van der Waals surface area contributed by atoms with Crippen LogP contribution in [-0.4, -0.2) is 0 Å². The fraction of sp³-hybridized carbons (Fsp3) is 0. The van der Waals surface area contributed by atoms with E-state index in [4.69, 9.17) is 21.0 Å². The molecule has 0 saturated carbocycles. The summed E-state index contributed by atoms with van der Waals surface area (Å²) >= 11 is 14.8. The van der Waals surface area contributed by atoms with Crippen LogP contribution in [0.2, 0.25) is 0 Å². The van der Waals surface area contributed by atoms with Crippen LogP contribution in [0.15, 0.2) is 0 Å². The van der Waals surface area contributed by atoms with E-state index in [0.29, 0.717) is 0 Å². The van der Waals surface area contributed by atoms with Crippen LogP contribution in [-0.2, 0) is 84.1 Å². The Morgan fingerprint density at radius 1 is 0.500 bits per heavy atom. The Kier molecular flexibility index (Phi) is 322. The van der Waals surface area contributed by atoms with E-state index >= 15 is 0 Å². The normalized spacial score (nSPS) is 2.00. The summed E-state index contributed by atoms with van der Waals surface area (Å²) < 4.78 is 0. The summed E-state index contributed by atoms with van der Waals surface area (Å²) in [6, 6.07) is 0. The van der Waals surface area contributed by atoms with Crippen molar-refractivity contribution in [3.8, 4) is 21.6 Å². The van der Waals surface area contributed by atoms with Gasteiger partial charge in [0.25, 0.3) is 0 Å². The van der Waals surface area contributed by atoms with Crippen LogP contribution < -0.4 is 0 Å². The largest absolute Gasteiger partial charge is 2.00 e. The third-order valence-electron chi connectivity index (χ3n) is 0. The standard InChI is InChI=1S/4CHNS.2Co/c4*2-1-3;;/h4*3H;;/q;;;;2*+2/p-4. The van der Waals surface area contributed by atoms with Gasteiger partial charge in [-0.15, -0.1) is 0 Å². The van der Waals surface area contributed by atoms with Gasteiger partial charge >= 0.3 is 33.6 Å².